The Morgan fingerprint density at radius 3 is 2.06 bits per heavy atom. The molecule has 0 bridgehead atoms. The van der Waals surface area contributed by atoms with Crippen molar-refractivity contribution in [1.29, 1.82) is 0 Å². The summed E-state index contributed by atoms with van der Waals surface area (Å²) in [5, 5.41) is 3.06. The van der Waals surface area contributed by atoms with Gasteiger partial charge in [-0.2, -0.15) is 0 Å². The van der Waals surface area contributed by atoms with Crippen LogP contribution in [0, 0.1) is 6.92 Å². The number of anilines is 3. The number of carbonyl (C=O) groups is 1. The quantitative estimate of drug-likeness (QED) is 0.460. The fourth-order valence-electron chi connectivity index (χ4n) is 3.25. The first-order valence-corrected chi connectivity index (χ1v) is 13.8. The molecule has 0 saturated carbocycles. The van der Waals surface area contributed by atoms with Crippen molar-refractivity contribution in [3.63, 3.8) is 0 Å². The molecule has 3 aromatic carbocycles. The zero-order valence-corrected chi connectivity index (χ0v) is 21.1. The monoisotopic (exact) mass is 521 g/mol. The van der Waals surface area contributed by atoms with E-state index >= 15 is 0 Å². The van der Waals surface area contributed by atoms with Gasteiger partial charge in [-0.1, -0.05) is 29.8 Å². The Balaban J connectivity index is 1.77. The van der Waals surface area contributed by atoms with E-state index in [1.807, 2.05) is 6.07 Å². The lowest BCUT2D eigenvalue weighted by molar-refractivity contribution is -0.116. The van der Waals surface area contributed by atoms with Crippen molar-refractivity contribution >= 4 is 54.6 Å². The van der Waals surface area contributed by atoms with E-state index in [2.05, 4.69) is 10.0 Å². The van der Waals surface area contributed by atoms with Gasteiger partial charge < -0.3 is 5.32 Å². The van der Waals surface area contributed by atoms with Gasteiger partial charge in [0, 0.05) is 10.7 Å². The van der Waals surface area contributed by atoms with Gasteiger partial charge in [0.2, 0.25) is 15.9 Å². The summed E-state index contributed by atoms with van der Waals surface area (Å²) < 4.78 is 53.7. The van der Waals surface area contributed by atoms with Crippen molar-refractivity contribution < 1.29 is 21.6 Å². The van der Waals surface area contributed by atoms with Gasteiger partial charge in [-0.25, -0.2) is 16.8 Å². The van der Waals surface area contributed by atoms with E-state index in [0.29, 0.717) is 22.1 Å². The third kappa shape index (κ3) is 6.07. The van der Waals surface area contributed by atoms with Crippen LogP contribution in [0.1, 0.15) is 12.5 Å². The molecule has 8 nitrogen and oxygen atoms in total. The number of aryl methyl sites for hydroxylation is 1. The summed E-state index contributed by atoms with van der Waals surface area (Å²) in [6.07, 6.45) is 1.01. The van der Waals surface area contributed by atoms with Crippen molar-refractivity contribution in [1.82, 2.24) is 0 Å². The maximum atomic E-state index is 12.8. The predicted octanol–water partition coefficient (Wildman–Crippen LogP) is 4.24. The third-order valence-corrected chi connectivity index (χ3v) is 7.87. The van der Waals surface area contributed by atoms with Crippen molar-refractivity contribution in [2.75, 3.05) is 20.6 Å². The zero-order chi connectivity index (χ0) is 25.1. The fourth-order valence-corrected chi connectivity index (χ4v) is 5.68. The highest BCUT2D eigenvalue weighted by Gasteiger charge is 2.29. The maximum Gasteiger partial charge on any atom is 0.261 e. The van der Waals surface area contributed by atoms with Gasteiger partial charge in [0.05, 0.1) is 22.5 Å². The van der Waals surface area contributed by atoms with Crippen LogP contribution in [0.4, 0.5) is 17.1 Å². The van der Waals surface area contributed by atoms with Crippen molar-refractivity contribution in [2.45, 2.75) is 24.8 Å². The summed E-state index contributed by atoms with van der Waals surface area (Å²) in [7, 11) is -7.62. The second-order valence-electron chi connectivity index (χ2n) is 7.65. The number of hydrogen-bond acceptors (Lipinski definition) is 5. The number of para-hydroxylation sites is 1. The van der Waals surface area contributed by atoms with Gasteiger partial charge in [-0.05, 0) is 74.0 Å². The molecule has 3 aromatic rings. The zero-order valence-electron chi connectivity index (χ0n) is 18.7. The highest BCUT2D eigenvalue weighted by molar-refractivity contribution is 7.92. The largest absolute Gasteiger partial charge is 0.324 e. The molecule has 0 aliphatic carbocycles. The minimum absolute atomic E-state index is 0.0146. The molecule has 11 heteroatoms. The van der Waals surface area contributed by atoms with Gasteiger partial charge in [0.25, 0.3) is 10.0 Å². The molecule has 0 spiro atoms. The van der Waals surface area contributed by atoms with E-state index in [-0.39, 0.29) is 4.90 Å². The summed E-state index contributed by atoms with van der Waals surface area (Å²) in [4.78, 5) is 12.8. The summed E-state index contributed by atoms with van der Waals surface area (Å²) in [6, 6.07) is 17.6. The standard InChI is InChI=1S/C23H24ClN3O5S2/c1-16-6-4-5-7-22(16)26-34(31,32)21-14-10-19(11-15-21)25-23(28)17(2)27(33(3,29)30)20-12-8-18(24)9-13-20/h4-15,17,26H,1-3H3,(H,25,28)/t17-/m1/s1. The lowest BCUT2D eigenvalue weighted by Gasteiger charge is -2.28. The molecule has 0 heterocycles. The minimum Gasteiger partial charge on any atom is -0.324 e. The lowest BCUT2D eigenvalue weighted by Crippen LogP contribution is -2.45. The van der Waals surface area contributed by atoms with Gasteiger partial charge in [-0.3, -0.25) is 13.8 Å². The van der Waals surface area contributed by atoms with Gasteiger partial charge in [0.1, 0.15) is 6.04 Å². The fraction of sp³-hybridized carbons (Fsp3) is 0.174. The van der Waals surface area contributed by atoms with E-state index in [0.717, 1.165) is 16.1 Å². The summed E-state index contributed by atoms with van der Waals surface area (Å²) in [5.41, 5.74) is 1.85. The first-order valence-electron chi connectivity index (χ1n) is 10.1. The molecule has 3 rings (SSSR count). The number of rotatable bonds is 8. The average Bonchev–Trinajstić information content (AvgIpc) is 2.76. The molecule has 34 heavy (non-hydrogen) atoms. The van der Waals surface area contributed by atoms with Crippen LogP contribution in [0.5, 0.6) is 0 Å². The Morgan fingerprint density at radius 2 is 1.50 bits per heavy atom. The number of halogens is 1. The molecule has 0 aromatic heterocycles. The molecule has 2 N–H and O–H groups in total. The first kappa shape index (κ1) is 25.5. The summed E-state index contributed by atoms with van der Waals surface area (Å²) in [6.45, 7) is 3.25. The second-order valence-corrected chi connectivity index (χ2v) is 11.6. The minimum atomic E-state index is -3.83. The molecule has 0 aliphatic rings. The third-order valence-electron chi connectivity index (χ3n) is 4.99. The number of amides is 1. The molecule has 0 fully saturated rings. The molecular formula is C23H24ClN3O5S2. The lowest BCUT2D eigenvalue weighted by atomic mass is 10.2. The van der Waals surface area contributed by atoms with Crippen LogP contribution >= 0.6 is 11.6 Å². The highest BCUT2D eigenvalue weighted by atomic mass is 35.5. The normalized spacial score (nSPS) is 12.6. The Morgan fingerprint density at radius 1 is 0.912 bits per heavy atom. The van der Waals surface area contributed by atoms with E-state index in [9.17, 15) is 21.6 Å². The maximum absolute atomic E-state index is 12.8. The van der Waals surface area contributed by atoms with E-state index in [1.165, 1.54) is 55.5 Å². The molecule has 1 amide bonds. The molecule has 1 atom stereocenters. The predicted molar refractivity (Wildman–Crippen MR) is 135 cm³/mol. The average molecular weight is 522 g/mol. The van der Waals surface area contributed by atoms with Gasteiger partial charge in [0.15, 0.2) is 0 Å². The van der Waals surface area contributed by atoms with Crippen LogP contribution in [0.25, 0.3) is 0 Å². The van der Waals surface area contributed by atoms with E-state index in [1.54, 1.807) is 25.1 Å². The summed E-state index contributed by atoms with van der Waals surface area (Å²) in [5.74, 6) is -0.589. The van der Waals surface area contributed by atoms with Crippen LogP contribution < -0.4 is 14.3 Å². The first-order chi connectivity index (χ1) is 15.9. The van der Waals surface area contributed by atoms with Crippen LogP contribution in [-0.2, 0) is 24.8 Å². The van der Waals surface area contributed by atoms with Crippen LogP contribution in [0.15, 0.2) is 77.7 Å². The van der Waals surface area contributed by atoms with E-state index < -0.39 is 32.0 Å². The van der Waals surface area contributed by atoms with E-state index in [4.69, 9.17) is 11.6 Å². The smallest absolute Gasteiger partial charge is 0.261 e. The molecule has 180 valence electrons. The number of carbonyl (C=O) groups excluding carboxylic acids is 1. The molecule has 0 saturated heterocycles. The van der Waals surface area contributed by atoms with Crippen molar-refractivity contribution in [3.8, 4) is 0 Å². The number of nitrogens with one attached hydrogen (secondary N) is 2. The second kappa shape index (κ2) is 10.0. The number of sulfonamides is 2. The number of hydrogen-bond donors (Lipinski definition) is 2. The van der Waals surface area contributed by atoms with Crippen LogP contribution in [0.3, 0.4) is 0 Å². The summed E-state index contributed by atoms with van der Waals surface area (Å²) >= 11 is 5.88. The SMILES string of the molecule is Cc1ccccc1NS(=O)(=O)c1ccc(NC(=O)[C@@H](C)N(c2ccc(Cl)cc2)S(C)(=O)=O)cc1. The highest BCUT2D eigenvalue weighted by Crippen LogP contribution is 2.24. The molecule has 0 aliphatic heterocycles. The van der Waals surface area contributed by atoms with Crippen molar-refractivity contribution in [3.05, 3.63) is 83.4 Å². The van der Waals surface area contributed by atoms with Crippen LogP contribution in [0.2, 0.25) is 5.02 Å². The molecule has 0 unspecified atom stereocenters. The van der Waals surface area contributed by atoms with Gasteiger partial charge >= 0.3 is 0 Å². The molecular weight excluding hydrogens is 498 g/mol. The number of nitrogens with zero attached hydrogens (tertiary/aromatic N) is 1. The number of benzene rings is 3. The topological polar surface area (TPSA) is 113 Å². The Hall–Kier alpha value is -3.08. The molecule has 0 radical (unpaired) electrons. The van der Waals surface area contributed by atoms with Gasteiger partial charge in [-0.15, -0.1) is 0 Å². The van der Waals surface area contributed by atoms with Crippen LogP contribution in [-0.4, -0.2) is 35.0 Å². The van der Waals surface area contributed by atoms with Crippen molar-refractivity contribution in [2.24, 2.45) is 0 Å². The Bertz CT molecular complexity index is 1390. The Labute approximate surface area is 204 Å². The Kier molecular flexibility index (Phi) is 7.54.